The topological polar surface area (TPSA) is 80.7 Å². The highest BCUT2D eigenvalue weighted by molar-refractivity contribution is 6.04. The van der Waals surface area contributed by atoms with Crippen LogP contribution in [0.1, 0.15) is 45.1 Å². The summed E-state index contributed by atoms with van der Waals surface area (Å²) < 4.78 is 16.2. The number of benzene rings is 3. The van der Waals surface area contributed by atoms with Gasteiger partial charge in [0.1, 0.15) is 12.3 Å². The zero-order valence-corrected chi connectivity index (χ0v) is 21.4. The molecule has 5 rings (SSSR count). The highest BCUT2D eigenvalue weighted by atomic mass is 16.7. The Hall–Kier alpha value is -4.33. The Morgan fingerprint density at radius 3 is 2.49 bits per heavy atom. The van der Waals surface area contributed by atoms with E-state index in [1.54, 1.807) is 38.4 Å². The van der Waals surface area contributed by atoms with Crippen LogP contribution in [0, 0.1) is 13.8 Å². The summed E-state index contributed by atoms with van der Waals surface area (Å²) in [6.45, 7) is 4.19. The molecule has 1 atom stereocenters. The van der Waals surface area contributed by atoms with Crippen LogP contribution in [0.2, 0.25) is 0 Å². The molecule has 2 heterocycles. The average molecular weight is 500 g/mol. The molecule has 3 aromatic carbocycles. The quantitative estimate of drug-likeness (QED) is 0.499. The highest BCUT2D eigenvalue weighted by Crippen LogP contribution is 2.39. The average Bonchev–Trinajstić information content (AvgIpc) is 3.57. The Morgan fingerprint density at radius 1 is 1.00 bits per heavy atom. The van der Waals surface area contributed by atoms with Crippen molar-refractivity contribution in [3.8, 4) is 17.2 Å². The summed E-state index contributed by atoms with van der Waals surface area (Å²) in [5.74, 6) is 1.46. The first kappa shape index (κ1) is 24.4. The van der Waals surface area contributed by atoms with Gasteiger partial charge in [-0.2, -0.15) is 5.10 Å². The predicted molar refractivity (Wildman–Crippen MR) is 139 cm³/mol. The third kappa shape index (κ3) is 4.87. The van der Waals surface area contributed by atoms with E-state index >= 15 is 0 Å². The van der Waals surface area contributed by atoms with Gasteiger partial charge in [-0.25, -0.2) is 5.01 Å². The summed E-state index contributed by atoms with van der Waals surface area (Å²) in [5.41, 5.74) is 5.53. The molecule has 37 heavy (non-hydrogen) atoms. The van der Waals surface area contributed by atoms with Gasteiger partial charge in [0.25, 0.3) is 11.8 Å². The van der Waals surface area contributed by atoms with E-state index in [-0.39, 0.29) is 31.2 Å². The van der Waals surface area contributed by atoms with Crippen LogP contribution in [-0.4, -0.2) is 54.9 Å². The van der Waals surface area contributed by atoms with E-state index < -0.39 is 0 Å². The highest BCUT2D eigenvalue weighted by Gasteiger charge is 2.35. The van der Waals surface area contributed by atoms with Crippen molar-refractivity contribution in [1.82, 2.24) is 9.91 Å². The predicted octanol–water partition coefficient (Wildman–Crippen LogP) is 4.49. The minimum atomic E-state index is -0.330. The number of rotatable bonds is 6. The first-order valence-electron chi connectivity index (χ1n) is 12.1. The molecule has 0 radical (unpaired) electrons. The van der Waals surface area contributed by atoms with Crippen molar-refractivity contribution in [2.24, 2.45) is 5.10 Å². The summed E-state index contributed by atoms with van der Waals surface area (Å²) in [5, 5.41) is 6.26. The number of hydrogen-bond donors (Lipinski definition) is 0. The molecule has 0 fully saturated rings. The maximum atomic E-state index is 13.6. The van der Waals surface area contributed by atoms with Crippen LogP contribution in [0.5, 0.6) is 17.2 Å². The first-order chi connectivity index (χ1) is 17.8. The third-order valence-corrected chi connectivity index (χ3v) is 6.84. The van der Waals surface area contributed by atoms with Crippen molar-refractivity contribution in [2.45, 2.75) is 26.3 Å². The smallest absolute Gasteiger partial charge is 0.262 e. The maximum absolute atomic E-state index is 13.6. The second-order valence-electron chi connectivity index (χ2n) is 9.31. The SMILES string of the molecule is COc1ccc(C(=O)N(C)CC(=O)N2N=C(c3ccc(C)c(C)c3)C[C@@H]2c2ccc3c(c2)OCO3)cc1. The summed E-state index contributed by atoms with van der Waals surface area (Å²) in [6, 6.07) is 18.4. The molecule has 2 amide bonds. The number of likely N-dealkylation sites (N-methyl/N-ethyl adjacent to an activating group) is 1. The number of carbonyl (C=O) groups excluding carboxylic acids is 2. The lowest BCUT2D eigenvalue weighted by Gasteiger charge is -2.25. The van der Waals surface area contributed by atoms with Crippen LogP contribution >= 0.6 is 0 Å². The number of ether oxygens (including phenoxy) is 3. The number of fused-ring (bicyclic) bond motifs is 1. The molecule has 0 unspecified atom stereocenters. The van der Waals surface area contributed by atoms with Crippen molar-refractivity contribution in [2.75, 3.05) is 27.5 Å². The van der Waals surface area contributed by atoms with Crippen molar-refractivity contribution < 1.29 is 23.8 Å². The van der Waals surface area contributed by atoms with Crippen molar-refractivity contribution in [1.29, 1.82) is 0 Å². The van der Waals surface area contributed by atoms with Gasteiger partial charge >= 0.3 is 0 Å². The Bertz CT molecular complexity index is 1380. The van der Waals surface area contributed by atoms with E-state index in [0.29, 0.717) is 29.2 Å². The van der Waals surface area contributed by atoms with Crippen LogP contribution in [-0.2, 0) is 4.79 Å². The number of aryl methyl sites for hydroxylation is 2. The Kier molecular flexibility index (Phi) is 6.56. The number of carbonyl (C=O) groups is 2. The fraction of sp³-hybridized carbons (Fsp3) is 0.276. The van der Waals surface area contributed by atoms with E-state index in [9.17, 15) is 9.59 Å². The van der Waals surface area contributed by atoms with Gasteiger partial charge in [0.15, 0.2) is 11.5 Å². The van der Waals surface area contributed by atoms with Crippen molar-refractivity contribution in [3.05, 3.63) is 88.5 Å². The Balaban J connectivity index is 1.41. The lowest BCUT2D eigenvalue weighted by molar-refractivity contribution is -0.133. The lowest BCUT2D eigenvalue weighted by Crippen LogP contribution is -2.39. The van der Waals surface area contributed by atoms with Gasteiger partial charge in [0.05, 0.1) is 18.9 Å². The fourth-order valence-corrected chi connectivity index (χ4v) is 4.52. The van der Waals surface area contributed by atoms with E-state index in [1.165, 1.54) is 15.5 Å². The lowest BCUT2D eigenvalue weighted by atomic mass is 9.96. The molecule has 3 aromatic rings. The van der Waals surface area contributed by atoms with Gasteiger partial charge in [0.2, 0.25) is 6.79 Å². The van der Waals surface area contributed by atoms with Crippen LogP contribution in [0.15, 0.2) is 65.8 Å². The van der Waals surface area contributed by atoms with Gasteiger partial charge < -0.3 is 19.1 Å². The van der Waals surface area contributed by atoms with Gasteiger partial charge in [-0.15, -0.1) is 0 Å². The summed E-state index contributed by atoms with van der Waals surface area (Å²) in [4.78, 5) is 27.9. The standard InChI is InChI=1S/C29H29N3O5/c1-18-5-6-21(13-19(18)2)24-15-25(22-9-12-26-27(14-22)37-17-36-26)32(30-24)28(33)16-31(3)29(34)20-7-10-23(35-4)11-8-20/h5-14,25H,15-17H2,1-4H3/t25-/m1/s1. The second-order valence-corrected chi connectivity index (χ2v) is 9.31. The van der Waals surface area contributed by atoms with E-state index in [2.05, 4.69) is 26.0 Å². The molecular formula is C29H29N3O5. The molecule has 0 aromatic heterocycles. The second kappa shape index (κ2) is 9.97. The van der Waals surface area contributed by atoms with E-state index in [0.717, 1.165) is 22.4 Å². The van der Waals surface area contributed by atoms with Crippen LogP contribution in [0.4, 0.5) is 0 Å². The Morgan fingerprint density at radius 2 is 1.76 bits per heavy atom. The molecule has 8 nitrogen and oxygen atoms in total. The zero-order chi connectivity index (χ0) is 26.1. The number of amides is 2. The molecular weight excluding hydrogens is 470 g/mol. The Labute approximate surface area is 216 Å². The monoisotopic (exact) mass is 499 g/mol. The zero-order valence-electron chi connectivity index (χ0n) is 21.4. The number of methoxy groups -OCH3 is 1. The molecule has 0 bridgehead atoms. The van der Waals surface area contributed by atoms with Gasteiger partial charge in [0, 0.05) is 19.0 Å². The number of hydrazone groups is 1. The van der Waals surface area contributed by atoms with Crippen LogP contribution in [0.3, 0.4) is 0 Å². The summed E-state index contributed by atoms with van der Waals surface area (Å²) >= 11 is 0. The van der Waals surface area contributed by atoms with Gasteiger partial charge in [-0.05, 0) is 78.6 Å². The van der Waals surface area contributed by atoms with Crippen LogP contribution in [0.25, 0.3) is 0 Å². The van der Waals surface area contributed by atoms with Crippen LogP contribution < -0.4 is 14.2 Å². The molecule has 0 saturated heterocycles. The minimum Gasteiger partial charge on any atom is -0.497 e. The normalized spacial score (nSPS) is 15.9. The van der Waals surface area contributed by atoms with Gasteiger partial charge in [-0.3, -0.25) is 9.59 Å². The molecule has 2 aliphatic rings. The van der Waals surface area contributed by atoms with Gasteiger partial charge in [-0.1, -0.05) is 18.2 Å². The first-order valence-corrected chi connectivity index (χ1v) is 12.1. The largest absolute Gasteiger partial charge is 0.497 e. The summed E-state index contributed by atoms with van der Waals surface area (Å²) in [6.07, 6.45) is 0.546. The third-order valence-electron chi connectivity index (χ3n) is 6.84. The van der Waals surface area contributed by atoms with Crippen molar-refractivity contribution in [3.63, 3.8) is 0 Å². The molecule has 190 valence electrons. The molecule has 0 aliphatic carbocycles. The fourth-order valence-electron chi connectivity index (χ4n) is 4.52. The van der Waals surface area contributed by atoms with E-state index in [1.807, 2.05) is 24.3 Å². The molecule has 2 aliphatic heterocycles. The summed E-state index contributed by atoms with van der Waals surface area (Å²) in [7, 11) is 3.19. The maximum Gasteiger partial charge on any atom is 0.262 e. The molecule has 0 saturated carbocycles. The number of nitrogens with zero attached hydrogens (tertiary/aromatic N) is 3. The van der Waals surface area contributed by atoms with E-state index in [4.69, 9.17) is 19.3 Å². The molecule has 8 heteroatoms. The minimum absolute atomic E-state index is 0.115. The molecule has 0 spiro atoms. The molecule has 0 N–H and O–H groups in total. The van der Waals surface area contributed by atoms with Crippen molar-refractivity contribution >= 4 is 17.5 Å². The number of hydrogen-bond acceptors (Lipinski definition) is 6.